The summed E-state index contributed by atoms with van der Waals surface area (Å²) in [6, 6.07) is 40.1. The number of benzene rings is 4. The molecule has 12 aromatic heterocycles. The quantitative estimate of drug-likeness (QED) is 0.0421. The number of aliphatic hydroxyl groups is 1. The molecule has 5 N–H and O–H groups in total. The Hall–Kier alpha value is -13.4. The Bertz CT molecular complexity index is 7150. The Morgan fingerprint density at radius 3 is 1.20 bits per heavy atom. The molecular weight excluding hydrogens is 1680 g/mol. The number of sulfone groups is 1. The van der Waals surface area contributed by atoms with E-state index in [1.165, 1.54) is 49.0 Å². The molecule has 22 rings (SSSR count). The highest BCUT2D eigenvalue weighted by molar-refractivity contribution is 8.00. The van der Waals surface area contributed by atoms with Crippen LogP contribution >= 0.6 is 11.8 Å². The van der Waals surface area contributed by atoms with Gasteiger partial charge in [-0.15, -0.1) is 11.8 Å². The third kappa shape index (κ3) is 19.0. The largest absolute Gasteiger partial charge is 0.388 e. The molecule has 0 radical (unpaired) electrons. The fourth-order valence-electron chi connectivity index (χ4n) is 16.7. The third-order valence-electron chi connectivity index (χ3n) is 25.7. The average Bonchev–Trinajstić information content (AvgIpc) is 1.11. The van der Waals surface area contributed by atoms with E-state index in [0.717, 1.165) is 171 Å². The molecule has 0 bridgehead atoms. The molecule has 12 heterocycles. The second-order valence-electron chi connectivity index (χ2n) is 37.1. The van der Waals surface area contributed by atoms with Gasteiger partial charge in [0.2, 0.25) is 0 Å². The molecule has 4 aromatic carbocycles. The minimum absolute atomic E-state index is 0.000539. The number of carbonyl (C=O) groups excluding carboxylic acids is 4. The van der Waals surface area contributed by atoms with E-state index in [-0.39, 0.29) is 28.5 Å². The lowest BCUT2D eigenvalue weighted by atomic mass is 9.83. The fraction of sp³-hybridized carbons (Fsp3) is 0.333. The maximum atomic E-state index is 13.0. The first-order valence-corrected chi connectivity index (χ1v) is 48.0. The van der Waals surface area contributed by atoms with E-state index >= 15 is 0 Å². The first-order valence-electron chi connectivity index (χ1n) is 45.6. The predicted molar refractivity (Wildman–Crippen MR) is 508 cm³/mol. The number of fused-ring (bicyclic) bond motifs is 4. The number of nitrogens with one attached hydrogen (secondary N) is 4. The summed E-state index contributed by atoms with van der Waals surface area (Å²) in [7, 11) is -3.52. The van der Waals surface area contributed by atoms with E-state index in [1.807, 2.05) is 197 Å². The van der Waals surface area contributed by atoms with Crippen LogP contribution in [0.5, 0.6) is 0 Å². The summed E-state index contributed by atoms with van der Waals surface area (Å²) >= 11 is 1.95. The highest BCUT2D eigenvalue weighted by Gasteiger charge is 2.34. The Kier molecular flexibility index (Phi) is 24.0. The van der Waals surface area contributed by atoms with Gasteiger partial charge in [0.15, 0.2) is 27.3 Å². The SMILES string of the molecule is Cc1ccc(C(=O)NC2CC2)cc1-c1cn(-c2cnc3ccc(S(=O)(=O)C(C)(C)C)cn23)cn1.Cc1ccc(C(=O)NC2CC2)cc1-c1cnn(-c2cnc3ccc(C(C)C)cn23)c1.Cc1ccc(C(=O)NC2CC2)cc1-c1cnn(-c2cnc3ccc(C(O)C4CCCCC4)cn23)c1.Cc1ccc(C(=O)NC2CC2)cc1-c1cnn(-c2cnc3ccc(SC4CCC4)cn23)c1. The zero-order valence-electron chi connectivity index (χ0n) is 75.1. The van der Waals surface area contributed by atoms with Crippen LogP contribution in [0.2, 0.25) is 0 Å². The Labute approximate surface area is 764 Å². The van der Waals surface area contributed by atoms with E-state index in [0.29, 0.717) is 75.4 Å². The Morgan fingerprint density at radius 1 is 0.405 bits per heavy atom. The third-order valence-corrected chi connectivity index (χ3v) is 29.5. The van der Waals surface area contributed by atoms with Gasteiger partial charge in [0.1, 0.15) is 34.7 Å². The van der Waals surface area contributed by atoms with Gasteiger partial charge in [0, 0.05) is 128 Å². The summed E-state index contributed by atoms with van der Waals surface area (Å²) in [6.07, 6.45) is 47.9. The van der Waals surface area contributed by atoms with Crippen LogP contribution < -0.4 is 21.3 Å². The molecule has 131 heavy (non-hydrogen) atoms. The number of thioether (sulfide) groups is 1. The zero-order valence-corrected chi connectivity index (χ0v) is 76.7. The van der Waals surface area contributed by atoms with Crippen molar-refractivity contribution in [3.8, 4) is 67.9 Å². The molecule has 0 spiro atoms. The molecule has 27 nitrogen and oxygen atoms in total. The van der Waals surface area contributed by atoms with Crippen LogP contribution in [0, 0.1) is 33.6 Å². The van der Waals surface area contributed by atoms with E-state index in [4.69, 9.17) is 0 Å². The van der Waals surface area contributed by atoms with Crippen molar-refractivity contribution in [3.05, 3.63) is 276 Å². The maximum absolute atomic E-state index is 13.0. The minimum Gasteiger partial charge on any atom is -0.388 e. The molecule has 4 amide bonds. The first kappa shape index (κ1) is 87.0. The van der Waals surface area contributed by atoms with Gasteiger partial charge >= 0.3 is 0 Å². The monoisotopic (exact) mass is 1790 g/mol. The lowest BCUT2D eigenvalue weighted by Gasteiger charge is -2.26. The molecule has 1 atom stereocenters. The number of aliphatic hydroxyl groups excluding tert-OH is 1. The van der Waals surface area contributed by atoms with Crippen molar-refractivity contribution in [2.75, 3.05) is 0 Å². The van der Waals surface area contributed by atoms with Gasteiger partial charge in [-0.25, -0.2) is 47.4 Å². The lowest BCUT2D eigenvalue weighted by molar-refractivity contribution is 0.0844. The van der Waals surface area contributed by atoms with Crippen LogP contribution in [-0.2, 0) is 9.84 Å². The summed E-state index contributed by atoms with van der Waals surface area (Å²) in [4.78, 5) is 74.2. The van der Waals surface area contributed by atoms with Gasteiger partial charge in [-0.3, -0.25) is 41.3 Å². The first-order chi connectivity index (χ1) is 63.2. The summed E-state index contributed by atoms with van der Waals surface area (Å²) in [5.74, 6) is 3.92. The number of imidazole rings is 5. The molecule has 0 saturated heterocycles. The number of amides is 4. The molecular formula is C102H108N20O7S2. The number of hydrogen-bond acceptors (Lipinski definition) is 16. The summed E-state index contributed by atoms with van der Waals surface area (Å²) in [6.45, 7) is 17.6. The molecule has 16 aromatic rings. The van der Waals surface area contributed by atoms with Gasteiger partial charge in [0.25, 0.3) is 23.6 Å². The summed E-state index contributed by atoms with van der Waals surface area (Å²) in [5, 5.41) is 37.8. The topological polar surface area (TPSA) is 311 Å². The van der Waals surface area contributed by atoms with E-state index in [2.05, 4.69) is 129 Å². The number of rotatable bonds is 22. The van der Waals surface area contributed by atoms with Crippen LogP contribution in [0.25, 0.3) is 90.5 Å². The molecule has 29 heteroatoms. The smallest absolute Gasteiger partial charge is 0.251 e. The van der Waals surface area contributed by atoms with E-state index < -0.39 is 20.7 Å². The minimum atomic E-state index is -3.52. The molecule has 6 saturated carbocycles. The second-order valence-corrected chi connectivity index (χ2v) is 41.2. The van der Waals surface area contributed by atoms with Crippen LogP contribution in [0.1, 0.15) is 224 Å². The lowest BCUT2D eigenvalue weighted by Crippen LogP contribution is -2.28. The van der Waals surface area contributed by atoms with Crippen LogP contribution in [-0.4, -0.2) is 148 Å². The predicted octanol–water partition coefficient (Wildman–Crippen LogP) is 18.5. The molecule has 670 valence electrons. The number of carbonyl (C=O) groups is 4. The van der Waals surface area contributed by atoms with Crippen LogP contribution in [0.3, 0.4) is 0 Å². The van der Waals surface area contributed by atoms with Crippen LogP contribution in [0.15, 0.2) is 230 Å². The van der Waals surface area contributed by atoms with Crippen molar-refractivity contribution in [1.29, 1.82) is 0 Å². The van der Waals surface area contributed by atoms with Crippen molar-refractivity contribution in [3.63, 3.8) is 0 Å². The summed E-state index contributed by atoms with van der Waals surface area (Å²) in [5.41, 5.74) is 19.9. The molecule has 6 aliphatic carbocycles. The van der Waals surface area contributed by atoms with Crippen LogP contribution in [0.4, 0.5) is 0 Å². The van der Waals surface area contributed by atoms with E-state index in [1.54, 1.807) is 66.8 Å². The number of nitrogens with zero attached hydrogens (tertiary/aromatic N) is 16. The van der Waals surface area contributed by atoms with Gasteiger partial charge in [-0.2, -0.15) is 15.3 Å². The van der Waals surface area contributed by atoms with Crippen molar-refractivity contribution in [2.24, 2.45) is 5.92 Å². The normalized spacial score (nSPS) is 15.6. The Morgan fingerprint density at radius 2 is 0.786 bits per heavy atom. The van der Waals surface area contributed by atoms with Gasteiger partial charge < -0.3 is 26.4 Å². The standard InChI is InChI=1S/C28H31N5O2.C25H27N5O3S.C25H25N5OS.C24H25N5O/c1-18-7-8-20(28(35)31-23-10-11-23)13-24(18)22-14-30-33(17-22)26-15-29-25-12-9-21(16-32(25)26)27(34)19-5-3-2-4-6-19;1-16-5-6-17(24(31)28-18-7-8-18)11-20(16)21-14-29(15-27-21)23-12-26-22-10-9-19(13-30(22)23)34(32,33)25(2,3)4;1-16-5-6-17(25(31)28-19-7-8-19)11-22(16)18-12-27-30(14-18)24-13-26-23-10-9-21(15-29(23)24)32-20-3-2-4-20;1-15(2)18-6-9-22-25-12-23(28(22)13-18)29-14-19(11-26-29)21-10-17(5-4-16(21)3)24(30)27-20-7-8-20/h7-9,12-17,19,23,27,34H,2-6,10-11H2,1H3,(H,31,35);5-6,9-15,18H,7-8H2,1-4H3,(H,28,31);5-6,9-15,19-20H,2-4,7-8H2,1H3,(H,28,31);4-6,9-15,20H,7-8H2,1-3H3,(H,27,30). The number of pyridine rings is 4. The van der Waals surface area contributed by atoms with Crippen molar-refractivity contribution in [2.45, 2.75) is 221 Å². The summed E-state index contributed by atoms with van der Waals surface area (Å²) < 4.78 is 40.2. The number of hydrogen-bond donors (Lipinski definition) is 5. The van der Waals surface area contributed by atoms with Crippen molar-refractivity contribution < 1.29 is 32.7 Å². The van der Waals surface area contributed by atoms with Gasteiger partial charge in [-0.1, -0.05) is 75.9 Å². The average molecular weight is 1790 g/mol. The van der Waals surface area contributed by atoms with Crippen molar-refractivity contribution in [1.82, 2.24) is 97.7 Å². The maximum Gasteiger partial charge on any atom is 0.251 e. The van der Waals surface area contributed by atoms with Gasteiger partial charge in [0.05, 0.1) is 64.8 Å². The molecule has 1 unspecified atom stereocenters. The second kappa shape index (κ2) is 36.2. The number of aryl methyl sites for hydroxylation is 4. The number of aromatic nitrogens is 16. The fourth-order valence-corrected chi connectivity index (χ4v) is 19.1. The zero-order chi connectivity index (χ0) is 90.7. The van der Waals surface area contributed by atoms with Crippen molar-refractivity contribution >= 4 is 67.8 Å². The highest BCUT2D eigenvalue weighted by atomic mass is 32.2. The highest BCUT2D eigenvalue weighted by Crippen LogP contribution is 2.40. The van der Waals surface area contributed by atoms with E-state index in [9.17, 15) is 32.7 Å². The molecule has 6 aliphatic rings. The molecule has 0 aliphatic heterocycles. The van der Waals surface area contributed by atoms with Gasteiger partial charge in [-0.05, 0) is 272 Å². The Balaban J connectivity index is 0.000000113. The molecule has 6 fully saturated rings.